The minimum atomic E-state index is 0.956. The van der Waals surface area contributed by atoms with Crippen molar-refractivity contribution in [1.29, 1.82) is 0 Å². The second-order valence-electron chi connectivity index (χ2n) is 15.9. The zero-order valence-electron chi connectivity index (χ0n) is 35.6. The normalized spacial score (nSPS) is 13.8. The van der Waals surface area contributed by atoms with Gasteiger partial charge < -0.3 is 9.80 Å². The van der Waals surface area contributed by atoms with Crippen LogP contribution in [-0.4, -0.2) is 0 Å². The van der Waals surface area contributed by atoms with Crippen LogP contribution in [0.4, 0.5) is 34.1 Å². The second kappa shape index (κ2) is 19.0. The first kappa shape index (κ1) is 40.2. The van der Waals surface area contributed by atoms with Crippen LogP contribution in [0.1, 0.15) is 72.9 Å². The van der Waals surface area contributed by atoms with Gasteiger partial charge in [-0.05, 0) is 157 Å². The van der Waals surface area contributed by atoms with E-state index in [0.29, 0.717) is 0 Å². The molecule has 0 aliphatic heterocycles. The Morgan fingerprint density at radius 3 is 1.12 bits per heavy atom. The molecular weight excluding hydrogens is 725 g/mol. The van der Waals surface area contributed by atoms with Gasteiger partial charge in [0.25, 0.3) is 0 Å². The summed E-state index contributed by atoms with van der Waals surface area (Å²) in [4.78, 5) is 4.86. The molecule has 0 spiro atoms. The van der Waals surface area contributed by atoms with Crippen LogP contribution in [0.25, 0.3) is 23.3 Å². The summed E-state index contributed by atoms with van der Waals surface area (Å²) in [6, 6.07) is 49.4. The number of benzene rings is 6. The number of hydrogen-bond donors (Lipinski definition) is 0. The molecule has 0 bridgehead atoms. The van der Waals surface area contributed by atoms with Gasteiger partial charge >= 0.3 is 0 Å². The highest BCUT2D eigenvalue weighted by Gasteiger charge is 2.20. The Morgan fingerprint density at radius 1 is 0.417 bits per heavy atom. The van der Waals surface area contributed by atoms with Crippen molar-refractivity contribution in [3.05, 3.63) is 227 Å². The van der Waals surface area contributed by atoms with Crippen molar-refractivity contribution < 1.29 is 0 Å². The van der Waals surface area contributed by atoms with Crippen LogP contribution in [0.15, 0.2) is 193 Å². The van der Waals surface area contributed by atoms with Crippen molar-refractivity contribution in [1.82, 2.24) is 0 Å². The molecule has 0 unspecified atom stereocenters. The highest BCUT2D eigenvalue weighted by Crippen LogP contribution is 2.42. The molecule has 2 aliphatic carbocycles. The summed E-state index contributed by atoms with van der Waals surface area (Å²) in [7, 11) is 0. The summed E-state index contributed by atoms with van der Waals surface area (Å²) in [5, 5.41) is 0. The Bertz CT molecular complexity index is 2410. The maximum atomic E-state index is 2.43. The van der Waals surface area contributed by atoms with Gasteiger partial charge in [-0.25, -0.2) is 0 Å². The van der Waals surface area contributed by atoms with Crippen molar-refractivity contribution in [2.75, 3.05) is 9.80 Å². The molecule has 298 valence electrons. The highest BCUT2D eigenvalue weighted by atomic mass is 15.2. The van der Waals surface area contributed by atoms with E-state index < -0.39 is 0 Å². The molecule has 60 heavy (non-hydrogen) atoms. The first-order valence-electron chi connectivity index (χ1n) is 21.8. The van der Waals surface area contributed by atoms with E-state index in [1.54, 1.807) is 0 Å². The molecular formula is C58H56N2. The summed E-state index contributed by atoms with van der Waals surface area (Å²) < 4.78 is 0. The molecule has 0 saturated carbocycles. The summed E-state index contributed by atoms with van der Waals surface area (Å²) in [6.07, 6.45) is 28.8. The number of anilines is 6. The van der Waals surface area contributed by atoms with E-state index in [2.05, 4.69) is 232 Å². The summed E-state index contributed by atoms with van der Waals surface area (Å²) in [6.45, 7) is 8.94. The van der Waals surface area contributed by atoms with Gasteiger partial charge in [0, 0.05) is 22.7 Å². The van der Waals surface area contributed by atoms with Gasteiger partial charge in [0.15, 0.2) is 0 Å². The van der Waals surface area contributed by atoms with Gasteiger partial charge in [-0.2, -0.15) is 0 Å². The van der Waals surface area contributed by atoms with Crippen LogP contribution >= 0.6 is 0 Å². The topological polar surface area (TPSA) is 6.48 Å². The van der Waals surface area contributed by atoms with E-state index in [-0.39, 0.29) is 0 Å². The molecule has 6 aromatic rings. The molecule has 0 amide bonds. The van der Waals surface area contributed by atoms with Crippen molar-refractivity contribution in [3.8, 4) is 11.1 Å². The van der Waals surface area contributed by atoms with Crippen molar-refractivity contribution in [2.24, 2.45) is 0 Å². The molecule has 0 radical (unpaired) electrons. The van der Waals surface area contributed by atoms with E-state index >= 15 is 0 Å². The second-order valence-corrected chi connectivity index (χ2v) is 15.9. The standard InChI is InChI=1S/C58H56N2/c1-5-49-21-13-15-43(3)57(49)59(53-35-27-47(28-36-53)25-23-45-17-9-7-10-18-45)55-39-31-51(32-40-55)52-33-41-56(42-34-52)60(58-44(4)16-14-22-50(58)6-2)54-37-29-48(30-38-54)26-24-46-19-11-8-12-20-46/h9,11,13-42H,5-8,10,12H2,1-4H3/b25-23+,26-24+. The first-order valence-corrected chi connectivity index (χ1v) is 21.8. The third-order valence-corrected chi connectivity index (χ3v) is 11.7. The monoisotopic (exact) mass is 780 g/mol. The number of para-hydroxylation sites is 2. The Kier molecular flexibility index (Phi) is 12.7. The Labute approximate surface area is 358 Å². The summed E-state index contributed by atoms with van der Waals surface area (Å²) >= 11 is 0. The Hall–Kier alpha value is -6.64. The van der Waals surface area contributed by atoms with Gasteiger partial charge in [-0.3, -0.25) is 0 Å². The van der Waals surface area contributed by atoms with E-state index in [1.165, 1.54) is 67.0 Å². The minimum Gasteiger partial charge on any atom is -0.310 e. The molecule has 2 nitrogen and oxygen atoms in total. The van der Waals surface area contributed by atoms with E-state index in [4.69, 9.17) is 0 Å². The minimum absolute atomic E-state index is 0.956. The lowest BCUT2D eigenvalue weighted by molar-refractivity contribution is 1.03. The van der Waals surface area contributed by atoms with Crippen LogP contribution in [-0.2, 0) is 12.8 Å². The van der Waals surface area contributed by atoms with Crippen LogP contribution in [0.5, 0.6) is 0 Å². The molecule has 0 fully saturated rings. The average molecular weight is 781 g/mol. The van der Waals surface area contributed by atoms with Gasteiger partial charge in [-0.1, -0.05) is 160 Å². The Morgan fingerprint density at radius 2 is 0.783 bits per heavy atom. The Balaban J connectivity index is 1.09. The van der Waals surface area contributed by atoms with E-state index in [9.17, 15) is 0 Å². The molecule has 0 atom stereocenters. The van der Waals surface area contributed by atoms with Crippen LogP contribution in [0.2, 0.25) is 0 Å². The molecule has 0 saturated heterocycles. The molecule has 6 aromatic carbocycles. The maximum Gasteiger partial charge on any atom is 0.0522 e. The lowest BCUT2D eigenvalue weighted by Gasteiger charge is -2.30. The molecule has 0 aromatic heterocycles. The van der Waals surface area contributed by atoms with Crippen LogP contribution < -0.4 is 9.80 Å². The molecule has 0 N–H and O–H groups in total. The number of nitrogens with zero attached hydrogens (tertiary/aromatic N) is 2. The lowest BCUT2D eigenvalue weighted by atomic mass is 10.00. The van der Waals surface area contributed by atoms with E-state index in [0.717, 1.165) is 61.3 Å². The summed E-state index contributed by atoms with van der Waals surface area (Å²) in [5.74, 6) is 0. The maximum absolute atomic E-state index is 2.43. The predicted molar refractivity (Wildman–Crippen MR) is 260 cm³/mol. The lowest BCUT2D eigenvalue weighted by Crippen LogP contribution is -2.13. The van der Waals surface area contributed by atoms with Gasteiger partial charge in [0.1, 0.15) is 0 Å². The largest absolute Gasteiger partial charge is 0.310 e. The first-order chi connectivity index (χ1) is 29.5. The fourth-order valence-corrected chi connectivity index (χ4v) is 8.44. The van der Waals surface area contributed by atoms with Crippen LogP contribution in [0.3, 0.4) is 0 Å². The predicted octanol–water partition coefficient (Wildman–Crippen LogP) is 16.6. The number of rotatable bonds is 13. The quantitative estimate of drug-likeness (QED) is 0.115. The number of aryl methyl sites for hydroxylation is 4. The van der Waals surface area contributed by atoms with Gasteiger partial charge in [0.05, 0.1) is 11.4 Å². The zero-order valence-corrected chi connectivity index (χ0v) is 35.6. The smallest absolute Gasteiger partial charge is 0.0522 e. The number of allylic oxidation sites excluding steroid dienone is 10. The van der Waals surface area contributed by atoms with Gasteiger partial charge in [-0.15, -0.1) is 0 Å². The molecule has 2 heteroatoms. The van der Waals surface area contributed by atoms with Crippen molar-refractivity contribution >= 4 is 46.3 Å². The molecule has 2 aliphatic rings. The molecule has 0 heterocycles. The SMILES string of the molecule is CCc1cccc(C)c1N(c1ccc(/C=C/C2=CCCC=C2)cc1)c1ccc(-c2ccc(N(c3ccc(/C=C/C4=CCCC=C4)cc3)c3c(C)cccc3CC)cc2)cc1. The number of hydrogen-bond acceptors (Lipinski definition) is 2. The summed E-state index contributed by atoms with van der Waals surface area (Å²) in [5.41, 5.74) is 19.6. The van der Waals surface area contributed by atoms with Crippen molar-refractivity contribution in [3.63, 3.8) is 0 Å². The van der Waals surface area contributed by atoms with Crippen molar-refractivity contribution in [2.45, 2.75) is 66.2 Å². The fraction of sp³-hybridized carbons (Fsp3) is 0.172. The fourth-order valence-electron chi connectivity index (χ4n) is 8.44. The average Bonchev–Trinajstić information content (AvgIpc) is 3.30. The van der Waals surface area contributed by atoms with E-state index in [1.807, 2.05) is 0 Å². The third-order valence-electron chi connectivity index (χ3n) is 11.7. The van der Waals surface area contributed by atoms with Gasteiger partial charge in [0.2, 0.25) is 0 Å². The van der Waals surface area contributed by atoms with Crippen LogP contribution in [0, 0.1) is 13.8 Å². The zero-order chi connectivity index (χ0) is 41.3. The highest BCUT2D eigenvalue weighted by molar-refractivity contribution is 5.84. The third kappa shape index (κ3) is 9.14. The molecule has 8 rings (SSSR count).